The summed E-state index contributed by atoms with van der Waals surface area (Å²) >= 11 is 1.71. The van der Waals surface area contributed by atoms with Crippen molar-refractivity contribution in [1.82, 2.24) is 9.97 Å². The van der Waals surface area contributed by atoms with E-state index in [0.717, 1.165) is 30.4 Å². The van der Waals surface area contributed by atoms with Gasteiger partial charge in [-0.3, -0.25) is 0 Å². The van der Waals surface area contributed by atoms with Gasteiger partial charge in [0.1, 0.15) is 17.5 Å². The van der Waals surface area contributed by atoms with Gasteiger partial charge in [-0.15, -0.1) is 0 Å². The van der Waals surface area contributed by atoms with Crippen LogP contribution in [0.15, 0.2) is 22.9 Å². The van der Waals surface area contributed by atoms with Crippen LogP contribution in [0.1, 0.15) is 37.7 Å². The highest BCUT2D eigenvalue weighted by Gasteiger charge is 2.08. The summed E-state index contributed by atoms with van der Waals surface area (Å²) in [5, 5.41) is 11.0. The van der Waals surface area contributed by atoms with Crippen molar-refractivity contribution in [2.75, 3.05) is 17.2 Å². The molecule has 2 rings (SSSR count). The van der Waals surface area contributed by atoms with Gasteiger partial charge in [-0.1, -0.05) is 6.92 Å². The van der Waals surface area contributed by atoms with Gasteiger partial charge in [0.15, 0.2) is 0 Å². The van der Waals surface area contributed by atoms with Crippen LogP contribution in [-0.4, -0.2) is 16.5 Å². The van der Waals surface area contributed by atoms with Crippen LogP contribution in [0.25, 0.3) is 0 Å². The number of rotatable bonds is 6. The molecule has 0 aromatic carbocycles. The number of anilines is 2. The average Bonchev–Trinajstić information content (AvgIpc) is 2.89. The molecule has 2 heterocycles. The zero-order valence-electron chi connectivity index (χ0n) is 11.6. The molecule has 4 nitrogen and oxygen atoms in total. The Morgan fingerprint density at radius 3 is 2.79 bits per heavy atom. The second-order valence-corrected chi connectivity index (χ2v) is 5.32. The third kappa shape index (κ3) is 3.92. The number of thiophene rings is 1. The van der Waals surface area contributed by atoms with E-state index in [1.807, 2.05) is 13.0 Å². The van der Waals surface area contributed by atoms with Crippen molar-refractivity contribution in [3.05, 3.63) is 34.3 Å². The maximum absolute atomic E-state index is 4.43. The van der Waals surface area contributed by atoms with E-state index in [9.17, 15) is 0 Å². The lowest BCUT2D eigenvalue weighted by Crippen LogP contribution is -2.10. The van der Waals surface area contributed by atoms with Crippen molar-refractivity contribution in [2.45, 2.75) is 33.2 Å². The Kier molecular flexibility index (Phi) is 4.74. The fourth-order valence-corrected chi connectivity index (χ4v) is 2.57. The molecular weight excluding hydrogens is 256 g/mol. The molecule has 0 aliphatic heterocycles. The minimum Gasteiger partial charge on any atom is -0.370 e. The lowest BCUT2D eigenvalue weighted by molar-refractivity contribution is 0.870. The van der Waals surface area contributed by atoms with Crippen LogP contribution in [0.4, 0.5) is 11.6 Å². The molecule has 0 spiro atoms. The van der Waals surface area contributed by atoms with Crippen LogP contribution in [-0.2, 0) is 0 Å². The van der Waals surface area contributed by atoms with E-state index < -0.39 is 0 Å². The first-order valence-electron chi connectivity index (χ1n) is 6.57. The normalized spacial score (nSPS) is 12.2. The summed E-state index contributed by atoms with van der Waals surface area (Å²) < 4.78 is 0. The molecule has 0 aliphatic rings. The molecule has 0 bridgehead atoms. The van der Waals surface area contributed by atoms with Crippen molar-refractivity contribution in [1.29, 1.82) is 0 Å². The summed E-state index contributed by atoms with van der Waals surface area (Å²) in [6, 6.07) is 4.34. The number of aromatic nitrogens is 2. The number of hydrogen-bond donors (Lipinski definition) is 2. The number of nitrogens with one attached hydrogen (secondary N) is 2. The van der Waals surface area contributed by atoms with E-state index in [-0.39, 0.29) is 6.04 Å². The lowest BCUT2D eigenvalue weighted by Gasteiger charge is -2.14. The third-order valence-corrected chi connectivity index (χ3v) is 3.50. The second-order valence-electron chi connectivity index (χ2n) is 4.54. The van der Waals surface area contributed by atoms with Gasteiger partial charge < -0.3 is 10.6 Å². The molecule has 1 unspecified atom stereocenters. The molecule has 102 valence electrons. The molecule has 2 N–H and O–H groups in total. The van der Waals surface area contributed by atoms with Crippen molar-refractivity contribution in [2.24, 2.45) is 0 Å². The Morgan fingerprint density at radius 2 is 2.11 bits per heavy atom. The van der Waals surface area contributed by atoms with Crippen LogP contribution in [0.3, 0.4) is 0 Å². The first kappa shape index (κ1) is 13.8. The highest BCUT2D eigenvalue weighted by molar-refractivity contribution is 7.07. The summed E-state index contributed by atoms with van der Waals surface area (Å²) in [6.07, 6.45) is 1.08. The number of hydrogen-bond acceptors (Lipinski definition) is 5. The zero-order valence-corrected chi connectivity index (χ0v) is 12.4. The monoisotopic (exact) mass is 276 g/mol. The molecule has 0 radical (unpaired) electrons. The molecule has 19 heavy (non-hydrogen) atoms. The van der Waals surface area contributed by atoms with E-state index in [1.165, 1.54) is 5.56 Å². The van der Waals surface area contributed by atoms with Crippen LogP contribution in [0.2, 0.25) is 0 Å². The molecule has 5 heteroatoms. The maximum atomic E-state index is 4.43. The van der Waals surface area contributed by atoms with E-state index in [2.05, 4.69) is 51.3 Å². The Balaban J connectivity index is 2.09. The fourth-order valence-electron chi connectivity index (χ4n) is 1.81. The first-order valence-corrected chi connectivity index (χ1v) is 7.51. The standard InChI is InChI=1S/C14H20N4S/c1-4-6-15-13-8-14(18-11(3)17-13)16-10(2)12-5-7-19-9-12/h5,7-10H,4,6H2,1-3H3,(H2,15,16,17,18). The van der Waals surface area contributed by atoms with E-state index >= 15 is 0 Å². The van der Waals surface area contributed by atoms with Gasteiger partial charge in [0.2, 0.25) is 0 Å². The topological polar surface area (TPSA) is 49.8 Å². The van der Waals surface area contributed by atoms with Gasteiger partial charge >= 0.3 is 0 Å². The van der Waals surface area contributed by atoms with Gasteiger partial charge in [0.05, 0.1) is 6.04 Å². The van der Waals surface area contributed by atoms with Crippen molar-refractivity contribution < 1.29 is 0 Å². The van der Waals surface area contributed by atoms with Gasteiger partial charge in [-0.25, -0.2) is 9.97 Å². The predicted octanol–water partition coefficient (Wildman–Crippen LogP) is 3.84. The van der Waals surface area contributed by atoms with Gasteiger partial charge in [0, 0.05) is 12.6 Å². The largest absolute Gasteiger partial charge is 0.370 e. The molecule has 0 saturated heterocycles. The quantitative estimate of drug-likeness (QED) is 0.841. The molecular formula is C14H20N4S. The van der Waals surface area contributed by atoms with Crippen molar-refractivity contribution in [3.8, 4) is 0 Å². The lowest BCUT2D eigenvalue weighted by atomic mass is 10.2. The van der Waals surface area contributed by atoms with Gasteiger partial charge in [0.25, 0.3) is 0 Å². The smallest absolute Gasteiger partial charge is 0.132 e. The summed E-state index contributed by atoms with van der Waals surface area (Å²) in [7, 11) is 0. The minimum atomic E-state index is 0.250. The first-order chi connectivity index (χ1) is 9.19. The molecule has 2 aromatic rings. The highest BCUT2D eigenvalue weighted by Crippen LogP contribution is 2.21. The van der Waals surface area contributed by atoms with E-state index in [1.54, 1.807) is 11.3 Å². The number of aryl methyl sites for hydroxylation is 1. The third-order valence-electron chi connectivity index (χ3n) is 2.80. The van der Waals surface area contributed by atoms with Crippen molar-refractivity contribution in [3.63, 3.8) is 0 Å². The molecule has 2 aromatic heterocycles. The number of nitrogens with zero attached hydrogens (tertiary/aromatic N) is 2. The summed E-state index contributed by atoms with van der Waals surface area (Å²) in [4.78, 5) is 8.81. The summed E-state index contributed by atoms with van der Waals surface area (Å²) in [6.45, 7) is 7.12. The minimum absolute atomic E-state index is 0.250. The molecule has 1 atom stereocenters. The van der Waals surface area contributed by atoms with Crippen LogP contribution in [0.5, 0.6) is 0 Å². The molecule has 0 saturated carbocycles. The summed E-state index contributed by atoms with van der Waals surface area (Å²) in [5.74, 6) is 2.53. The zero-order chi connectivity index (χ0) is 13.7. The fraction of sp³-hybridized carbons (Fsp3) is 0.429. The molecule has 0 amide bonds. The van der Waals surface area contributed by atoms with Crippen LogP contribution in [0, 0.1) is 6.92 Å². The van der Waals surface area contributed by atoms with Gasteiger partial charge in [-0.2, -0.15) is 11.3 Å². The molecule has 0 fully saturated rings. The summed E-state index contributed by atoms with van der Waals surface area (Å²) in [5.41, 5.74) is 1.28. The van der Waals surface area contributed by atoms with Crippen LogP contribution < -0.4 is 10.6 Å². The Hall–Kier alpha value is -1.62. The molecule has 0 aliphatic carbocycles. The Bertz CT molecular complexity index is 510. The van der Waals surface area contributed by atoms with Gasteiger partial charge in [-0.05, 0) is 42.7 Å². The van der Waals surface area contributed by atoms with E-state index in [0.29, 0.717) is 0 Å². The SMILES string of the molecule is CCCNc1cc(NC(C)c2ccsc2)nc(C)n1. The highest BCUT2D eigenvalue weighted by atomic mass is 32.1. The van der Waals surface area contributed by atoms with Crippen molar-refractivity contribution >= 4 is 23.0 Å². The average molecular weight is 276 g/mol. The maximum Gasteiger partial charge on any atom is 0.132 e. The van der Waals surface area contributed by atoms with Crippen LogP contribution >= 0.6 is 11.3 Å². The Labute approximate surface area is 118 Å². The second kappa shape index (κ2) is 6.52. The Morgan fingerprint density at radius 1 is 1.32 bits per heavy atom. The predicted molar refractivity (Wildman–Crippen MR) is 81.9 cm³/mol. The van der Waals surface area contributed by atoms with E-state index in [4.69, 9.17) is 0 Å².